The van der Waals surface area contributed by atoms with Crippen molar-refractivity contribution in [2.45, 2.75) is 13.8 Å². The molecule has 0 aliphatic heterocycles. The van der Waals surface area contributed by atoms with Crippen molar-refractivity contribution in [3.8, 4) is 11.3 Å². The van der Waals surface area contributed by atoms with Crippen molar-refractivity contribution < 1.29 is 4.79 Å². The summed E-state index contributed by atoms with van der Waals surface area (Å²) in [6, 6.07) is 15.2. The van der Waals surface area contributed by atoms with Gasteiger partial charge in [-0.05, 0) is 42.7 Å². The number of amides is 1. The third kappa shape index (κ3) is 3.15. The molecule has 2 aromatic heterocycles. The van der Waals surface area contributed by atoms with Crippen LogP contribution in [0.15, 0.2) is 64.9 Å². The molecule has 0 saturated heterocycles. The second-order valence-electron chi connectivity index (χ2n) is 6.34. The SMILES string of the molecule is Cc1ccc(NC(=O)c2cnc3scc(-c4ccccc4)n3c2=O)cc1C. The molecule has 2 heterocycles. The highest BCUT2D eigenvalue weighted by Crippen LogP contribution is 2.23. The van der Waals surface area contributed by atoms with Crippen LogP contribution in [0.5, 0.6) is 0 Å². The van der Waals surface area contributed by atoms with E-state index in [1.165, 1.54) is 21.9 Å². The lowest BCUT2D eigenvalue weighted by molar-refractivity contribution is 0.102. The number of rotatable bonds is 3. The summed E-state index contributed by atoms with van der Waals surface area (Å²) in [4.78, 5) is 30.5. The summed E-state index contributed by atoms with van der Waals surface area (Å²) >= 11 is 1.37. The summed E-state index contributed by atoms with van der Waals surface area (Å²) in [7, 11) is 0. The Morgan fingerprint density at radius 1 is 1.07 bits per heavy atom. The lowest BCUT2D eigenvalue weighted by Gasteiger charge is -2.08. The minimum Gasteiger partial charge on any atom is -0.322 e. The Labute approximate surface area is 160 Å². The van der Waals surface area contributed by atoms with Gasteiger partial charge in [0.15, 0.2) is 4.96 Å². The first-order valence-corrected chi connectivity index (χ1v) is 9.36. The summed E-state index contributed by atoms with van der Waals surface area (Å²) in [5.74, 6) is -0.463. The van der Waals surface area contributed by atoms with Gasteiger partial charge >= 0.3 is 0 Å². The van der Waals surface area contributed by atoms with Crippen LogP contribution in [-0.2, 0) is 0 Å². The van der Waals surface area contributed by atoms with E-state index in [9.17, 15) is 9.59 Å². The Morgan fingerprint density at radius 2 is 1.85 bits per heavy atom. The molecule has 1 amide bonds. The van der Waals surface area contributed by atoms with Crippen LogP contribution < -0.4 is 10.9 Å². The molecule has 134 valence electrons. The molecule has 0 radical (unpaired) electrons. The maximum Gasteiger partial charge on any atom is 0.271 e. The summed E-state index contributed by atoms with van der Waals surface area (Å²) in [6.45, 7) is 3.98. The van der Waals surface area contributed by atoms with Crippen molar-refractivity contribution in [2.24, 2.45) is 0 Å². The number of aryl methyl sites for hydroxylation is 2. The Kier molecular flexibility index (Phi) is 4.33. The highest BCUT2D eigenvalue weighted by molar-refractivity contribution is 7.15. The van der Waals surface area contributed by atoms with Gasteiger partial charge in [-0.25, -0.2) is 4.98 Å². The number of carbonyl (C=O) groups excluding carboxylic acids is 1. The van der Waals surface area contributed by atoms with E-state index in [1.54, 1.807) is 0 Å². The van der Waals surface area contributed by atoms with Crippen molar-refractivity contribution >= 4 is 27.9 Å². The molecule has 5 nitrogen and oxygen atoms in total. The summed E-state index contributed by atoms with van der Waals surface area (Å²) in [5, 5.41) is 4.67. The molecule has 0 saturated carbocycles. The molecule has 0 aliphatic rings. The van der Waals surface area contributed by atoms with Gasteiger partial charge < -0.3 is 5.32 Å². The number of nitrogens with zero attached hydrogens (tertiary/aromatic N) is 2. The molecule has 2 aromatic carbocycles. The van der Waals surface area contributed by atoms with Crippen molar-refractivity contribution in [1.82, 2.24) is 9.38 Å². The molecule has 6 heteroatoms. The van der Waals surface area contributed by atoms with Gasteiger partial charge in [-0.2, -0.15) is 0 Å². The minimum atomic E-state index is -0.463. The third-order valence-electron chi connectivity index (χ3n) is 4.52. The molecule has 0 aliphatic carbocycles. The fourth-order valence-corrected chi connectivity index (χ4v) is 3.74. The first-order valence-electron chi connectivity index (χ1n) is 8.48. The lowest BCUT2D eigenvalue weighted by atomic mass is 10.1. The van der Waals surface area contributed by atoms with Gasteiger partial charge in [-0.1, -0.05) is 36.4 Å². The molecule has 0 unspecified atom stereocenters. The van der Waals surface area contributed by atoms with Gasteiger partial charge in [-0.15, -0.1) is 11.3 Å². The number of aromatic nitrogens is 2. The number of anilines is 1. The standard InChI is InChI=1S/C21H17N3O2S/c1-13-8-9-16(10-14(13)2)23-19(25)17-11-22-21-24(20(17)26)18(12-27-21)15-6-4-3-5-7-15/h3-12H,1-2H3,(H,23,25). The zero-order valence-electron chi connectivity index (χ0n) is 14.9. The molecular weight excluding hydrogens is 358 g/mol. The van der Waals surface area contributed by atoms with Crippen LogP contribution in [0, 0.1) is 13.8 Å². The van der Waals surface area contributed by atoms with Crippen LogP contribution >= 0.6 is 11.3 Å². The van der Waals surface area contributed by atoms with Crippen LogP contribution in [0.2, 0.25) is 0 Å². The fraction of sp³-hybridized carbons (Fsp3) is 0.0952. The van der Waals surface area contributed by atoms with Crippen molar-refractivity contribution in [1.29, 1.82) is 0 Å². The Bertz CT molecular complexity index is 1210. The van der Waals surface area contributed by atoms with Crippen LogP contribution in [0.4, 0.5) is 5.69 Å². The highest BCUT2D eigenvalue weighted by atomic mass is 32.1. The number of thiazole rings is 1. The molecule has 0 spiro atoms. The first-order chi connectivity index (χ1) is 13.0. The molecule has 0 bridgehead atoms. The molecule has 4 aromatic rings. The smallest absolute Gasteiger partial charge is 0.271 e. The van der Waals surface area contributed by atoms with Crippen molar-refractivity contribution in [3.05, 3.63) is 87.2 Å². The van der Waals surface area contributed by atoms with Gasteiger partial charge in [0.25, 0.3) is 11.5 Å². The molecule has 0 fully saturated rings. The average molecular weight is 375 g/mol. The second kappa shape index (κ2) is 6.81. The van der Waals surface area contributed by atoms with Crippen LogP contribution in [0.25, 0.3) is 16.2 Å². The van der Waals surface area contributed by atoms with E-state index in [1.807, 2.05) is 67.8 Å². The number of fused-ring (bicyclic) bond motifs is 1. The second-order valence-corrected chi connectivity index (χ2v) is 7.17. The van der Waals surface area contributed by atoms with E-state index >= 15 is 0 Å². The topological polar surface area (TPSA) is 63.5 Å². The number of benzene rings is 2. The number of nitrogens with one attached hydrogen (secondary N) is 1. The molecule has 1 N–H and O–H groups in total. The van der Waals surface area contributed by atoms with Gasteiger partial charge in [0.1, 0.15) is 5.56 Å². The zero-order valence-corrected chi connectivity index (χ0v) is 15.7. The third-order valence-corrected chi connectivity index (χ3v) is 5.36. The van der Waals surface area contributed by atoms with Crippen LogP contribution in [0.3, 0.4) is 0 Å². The first kappa shape index (κ1) is 17.2. The quantitative estimate of drug-likeness (QED) is 0.581. The predicted molar refractivity (Wildman–Crippen MR) is 109 cm³/mol. The van der Waals surface area contributed by atoms with Gasteiger partial charge in [0, 0.05) is 17.3 Å². The minimum absolute atomic E-state index is 0.0151. The zero-order chi connectivity index (χ0) is 19.0. The van der Waals surface area contributed by atoms with Crippen LogP contribution in [-0.4, -0.2) is 15.3 Å². The van der Waals surface area contributed by atoms with E-state index in [2.05, 4.69) is 10.3 Å². The van der Waals surface area contributed by atoms with Gasteiger partial charge in [-0.3, -0.25) is 14.0 Å². The lowest BCUT2D eigenvalue weighted by Crippen LogP contribution is -2.26. The fourth-order valence-electron chi connectivity index (χ4n) is 2.88. The predicted octanol–water partition coefficient (Wildman–Crippen LogP) is 4.29. The summed E-state index contributed by atoms with van der Waals surface area (Å²) < 4.78 is 1.50. The van der Waals surface area contributed by atoms with Gasteiger partial charge in [0.05, 0.1) is 5.69 Å². The Hall–Kier alpha value is -3.25. The maximum absolute atomic E-state index is 13.0. The largest absolute Gasteiger partial charge is 0.322 e. The van der Waals surface area contributed by atoms with Crippen molar-refractivity contribution in [3.63, 3.8) is 0 Å². The van der Waals surface area contributed by atoms with Crippen molar-refractivity contribution in [2.75, 3.05) is 5.32 Å². The molecule has 0 atom stereocenters. The average Bonchev–Trinajstić information content (AvgIpc) is 3.11. The van der Waals surface area contributed by atoms with Gasteiger partial charge in [0.2, 0.25) is 0 Å². The van der Waals surface area contributed by atoms with Crippen LogP contribution in [0.1, 0.15) is 21.5 Å². The highest BCUT2D eigenvalue weighted by Gasteiger charge is 2.17. The molecule has 4 rings (SSSR count). The number of hydrogen-bond donors (Lipinski definition) is 1. The monoisotopic (exact) mass is 375 g/mol. The Balaban J connectivity index is 1.76. The molecule has 27 heavy (non-hydrogen) atoms. The van der Waals surface area contributed by atoms with E-state index in [4.69, 9.17) is 0 Å². The number of hydrogen-bond acceptors (Lipinski definition) is 4. The van der Waals surface area contributed by atoms with E-state index in [0.717, 1.165) is 22.4 Å². The summed E-state index contributed by atoms with van der Waals surface area (Å²) in [6.07, 6.45) is 1.35. The maximum atomic E-state index is 13.0. The van der Waals surface area contributed by atoms with E-state index in [0.29, 0.717) is 10.6 Å². The van der Waals surface area contributed by atoms with E-state index in [-0.39, 0.29) is 11.1 Å². The normalized spacial score (nSPS) is 10.9. The Morgan fingerprint density at radius 3 is 2.59 bits per heavy atom. The van der Waals surface area contributed by atoms with E-state index < -0.39 is 5.91 Å². The summed E-state index contributed by atoms with van der Waals surface area (Å²) in [5.41, 5.74) is 4.14. The molecular formula is C21H17N3O2S. The number of carbonyl (C=O) groups is 1.